The summed E-state index contributed by atoms with van der Waals surface area (Å²) >= 11 is 0. The minimum atomic E-state index is 0.593. The smallest absolute Gasteiger partial charge is 0.0259 e. The van der Waals surface area contributed by atoms with Crippen molar-refractivity contribution in [3.63, 3.8) is 0 Å². The molecule has 3 aliphatic rings. The Kier molecular flexibility index (Phi) is 3.54. The molecule has 0 saturated heterocycles. The van der Waals surface area contributed by atoms with E-state index in [0.717, 1.165) is 17.8 Å². The number of hydrogen-bond acceptors (Lipinski definition) is 0. The third kappa shape index (κ3) is 2.08. The van der Waals surface area contributed by atoms with Crippen molar-refractivity contribution in [3.05, 3.63) is 0 Å². The standard InChI is InChI=1S/C20H36/c1-6-15-8-9-17-19(4,14-15)13-10-16-18(2,3)11-7-12-20(16,17)5/h15-17H,6-14H2,1-5H3. The first-order valence-corrected chi connectivity index (χ1v) is 9.32. The van der Waals surface area contributed by atoms with Gasteiger partial charge < -0.3 is 0 Å². The number of hydrogen-bond donors (Lipinski definition) is 0. The Morgan fingerprint density at radius 3 is 2.30 bits per heavy atom. The highest BCUT2D eigenvalue weighted by Gasteiger charge is 2.58. The van der Waals surface area contributed by atoms with Crippen LogP contribution in [0.5, 0.6) is 0 Å². The average Bonchev–Trinajstić information content (AvgIpc) is 2.36. The lowest BCUT2D eigenvalue weighted by molar-refractivity contribution is -0.151. The summed E-state index contributed by atoms with van der Waals surface area (Å²) < 4.78 is 0. The van der Waals surface area contributed by atoms with E-state index in [0.29, 0.717) is 16.2 Å². The maximum atomic E-state index is 2.69. The molecule has 5 unspecified atom stereocenters. The van der Waals surface area contributed by atoms with Gasteiger partial charge in [0.05, 0.1) is 0 Å². The van der Waals surface area contributed by atoms with Crippen molar-refractivity contribution in [2.24, 2.45) is 34.0 Å². The normalized spacial score (nSPS) is 51.1. The van der Waals surface area contributed by atoms with E-state index < -0.39 is 0 Å². The van der Waals surface area contributed by atoms with E-state index in [1.807, 2.05) is 0 Å². The van der Waals surface area contributed by atoms with Gasteiger partial charge in [-0.2, -0.15) is 0 Å². The van der Waals surface area contributed by atoms with E-state index in [-0.39, 0.29) is 0 Å². The van der Waals surface area contributed by atoms with Crippen LogP contribution in [-0.2, 0) is 0 Å². The van der Waals surface area contributed by atoms with E-state index in [9.17, 15) is 0 Å². The zero-order valence-electron chi connectivity index (χ0n) is 14.6. The summed E-state index contributed by atoms with van der Waals surface area (Å²) in [4.78, 5) is 0. The van der Waals surface area contributed by atoms with Crippen molar-refractivity contribution < 1.29 is 0 Å². The molecular weight excluding hydrogens is 240 g/mol. The monoisotopic (exact) mass is 276 g/mol. The molecule has 116 valence electrons. The zero-order valence-corrected chi connectivity index (χ0v) is 14.6. The molecule has 0 aromatic carbocycles. The van der Waals surface area contributed by atoms with Crippen LogP contribution in [0.1, 0.15) is 92.4 Å². The third-order valence-electron chi connectivity index (χ3n) is 8.11. The second kappa shape index (κ2) is 4.75. The zero-order chi connectivity index (χ0) is 14.6. The van der Waals surface area contributed by atoms with Gasteiger partial charge >= 0.3 is 0 Å². The van der Waals surface area contributed by atoms with Crippen molar-refractivity contribution in [3.8, 4) is 0 Å². The average molecular weight is 277 g/mol. The lowest BCUT2D eigenvalue weighted by atomic mass is 9.40. The fourth-order valence-corrected chi connectivity index (χ4v) is 7.18. The molecule has 3 rings (SSSR count). The lowest BCUT2D eigenvalue weighted by Crippen LogP contribution is -2.56. The van der Waals surface area contributed by atoms with Gasteiger partial charge in [0.25, 0.3) is 0 Å². The van der Waals surface area contributed by atoms with Crippen LogP contribution in [0.25, 0.3) is 0 Å². The Bertz CT molecular complexity index is 368. The fourth-order valence-electron chi connectivity index (χ4n) is 7.18. The Labute approximate surface area is 127 Å². The Morgan fingerprint density at radius 2 is 1.60 bits per heavy atom. The molecule has 5 atom stereocenters. The van der Waals surface area contributed by atoms with Crippen molar-refractivity contribution in [1.29, 1.82) is 0 Å². The molecule has 0 nitrogen and oxygen atoms in total. The summed E-state index contributed by atoms with van der Waals surface area (Å²) in [5, 5.41) is 0. The van der Waals surface area contributed by atoms with Gasteiger partial charge in [0.15, 0.2) is 0 Å². The van der Waals surface area contributed by atoms with Gasteiger partial charge in [-0.25, -0.2) is 0 Å². The first kappa shape index (κ1) is 14.9. The van der Waals surface area contributed by atoms with E-state index in [4.69, 9.17) is 0 Å². The molecule has 0 aromatic rings. The van der Waals surface area contributed by atoms with Gasteiger partial charge in [-0.05, 0) is 72.5 Å². The fraction of sp³-hybridized carbons (Fsp3) is 1.00. The van der Waals surface area contributed by atoms with Crippen LogP contribution in [-0.4, -0.2) is 0 Å². The third-order valence-corrected chi connectivity index (χ3v) is 8.11. The highest BCUT2D eigenvalue weighted by molar-refractivity contribution is 5.08. The van der Waals surface area contributed by atoms with Crippen LogP contribution in [0, 0.1) is 34.0 Å². The highest BCUT2D eigenvalue weighted by atomic mass is 14.6. The van der Waals surface area contributed by atoms with Gasteiger partial charge in [0, 0.05) is 0 Å². The molecule has 3 fully saturated rings. The van der Waals surface area contributed by atoms with Crippen LogP contribution in [0.3, 0.4) is 0 Å². The molecule has 0 amide bonds. The maximum Gasteiger partial charge on any atom is -0.0259 e. The molecule has 0 N–H and O–H groups in total. The topological polar surface area (TPSA) is 0 Å². The summed E-state index contributed by atoms with van der Waals surface area (Å²) in [7, 11) is 0. The van der Waals surface area contributed by atoms with Crippen LogP contribution >= 0.6 is 0 Å². The van der Waals surface area contributed by atoms with E-state index in [2.05, 4.69) is 34.6 Å². The molecule has 0 heteroatoms. The second-order valence-corrected chi connectivity index (χ2v) is 9.70. The Hall–Kier alpha value is 0. The molecule has 0 aromatic heterocycles. The molecular formula is C20H36. The van der Waals surface area contributed by atoms with E-state index in [1.54, 1.807) is 0 Å². The molecule has 0 aliphatic heterocycles. The van der Waals surface area contributed by atoms with Gasteiger partial charge in [0.1, 0.15) is 0 Å². The Morgan fingerprint density at radius 1 is 0.850 bits per heavy atom. The quantitative estimate of drug-likeness (QED) is 0.516. The summed E-state index contributed by atoms with van der Waals surface area (Å²) in [5.41, 5.74) is 1.90. The largest absolute Gasteiger partial charge is 0.0651 e. The maximum absolute atomic E-state index is 2.69. The molecule has 0 radical (unpaired) electrons. The van der Waals surface area contributed by atoms with E-state index >= 15 is 0 Å². The SMILES string of the molecule is CCC1CCC2C(C)(CCC3C(C)(C)CCCC32C)C1. The van der Waals surface area contributed by atoms with Crippen LogP contribution < -0.4 is 0 Å². The molecule has 0 bridgehead atoms. The summed E-state index contributed by atoms with van der Waals surface area (Å²) in [6.45, 7) is 12.9. The molecule has 0 heterocycles. The number of rotatable bonds is 1. The Balaban J connectivity index is 1.91. The van der Waals surface area contributed by atoms with Crippen LogP contribution in [0.4, 0.5) is 0 Å². The second-order valence-electron chi connectivity index (χ2n) is 9.70. The van der Waals surface area contributed by atoms with Gasteiger partial charge in [0.2, 0.25) is 0 Å². The first-order valence-electron chi connectivity index (χ1n) is 9.32. The summed E-state index contributed by atoms with van der Waals surface area (Å²) in [5.74, 6) is 3.02. The lowest BCUT2D eigenvalue weighted by Gasteiger charge is -2.64. The highest BCUT2D eigenvalue weighted by Crippen LogP contribution is 2.67. The van der Waals surface area contributed by atoms with Gasteiger partial charge in [-0.15, -0.1) is 0 Å². The van der Waals surface area contributed by atoms with Crippen molar-refractivity contribution in [2.45, 2.75) is 92.4 Å². The van der Waals surface area contributed by atoms with Crippen molar-refractivity contribution >= 4 is 0 Å². The van der Waals surface area contributed by atoms with Crippen LogP contribution in [0.2, 0.25) is 0 Å². The van der Waals surface area contributed by atoms with E-state index in [1.165, 1.54) is 57.8 Å². The van der Waals surface area contributed by atoms with Crippen molar-refractivity contribution in [1.82, 2.24) is 0 Å². The summed E-state index contributed by atoms with van der Waals surface area (Å²) in [6, 6.07) is 0. The molecule has 0 spiro atoms. The van der Waals surface area contributed by atoms with Crippen molar-refractivity contribution in [2.75, 3.05) is 0 Å². The minimum absolute atomic E-state index is 0.593. The van der Waals surface area contributed by atoms with Crippen LogP contribution in [0.15, 0.2) is 0 Å². The number of fused-ring (bicyclic) bond motifs is 3. The molecule has 3 saturated carbocycles. The molecule has 3 aliphatic carbocycles. The minimum Gasteiger partial charge on any atom is -0.0651 e. The predicted molar refractivity (Wildman–Crippen MR) is 87.7 cm³/mol. The predicted octanol–water partition coefficient (Wildman–Crippen LogP) is 6.45. The molecule has 20 heavy (non-hydrogen) atoms. The summed E-state index contributed by atoms with van der Waals surface area (Å²) in [6.07, 6.45) is 13.4. The first-order chi connectivity index (χ1) is 9.32. The van der Waals surface area contributed by atoms with Gasteiger partial charge in [-0.1, -0.05) is 53.9 Å². The van der Waals surface area contributed by atoms with Gasteiger partial charge in [-0.3, -0.25) is 0 Å².